The number of rotatable bonds is 10. The number of halogens is 1. The first kappa shape index (κ1) is 26.7. The Morgan fingerprint density at radius 2 is 1.81 bits per heavy atom. The van der Waals surface area contributed by atoms with E-state index in [1.165, 1.54) is 29.0 Å². The van der Waals surface area contributed by atoms with Crippen LogP contribution in [0.15, 0.2) is 41.3 Å². The van der Waals surface area contributed by atoms with Crippen LogP contribution in [0, 0.1) is 19.7 Å². The first-order valence-electron chi connectivity index (χ1n) is 12.2. The number of ether oxygens (including phenoxy) is 1. The molecular formula is C26H32FN3O4S2. The summed E-state index contributed by atoms with van der Waals surface area (Å²) in [5.41, 5.74) is 3.19. The molecule has 0 radical (unpaired) electrons. The molecule has 0 unspecified atom stereocenters. The van der Waals surface area contributed by atoms with Gasteiger partial charge in [0.25, 0.3) is 0 Å². The zero-order valence-electron chi connectivity index (χ0n) is 20.7. The molecule has 0 spiro atoms. The van der Waals surface area contributed by atoms with Crippen LogP contribution in [0.4, 0.5) is 9.52 Å². The molecule has 2 aromatic carbocycles. The number of nitrogens with zero attached hydrogens (tertiary/aromatic N) is 3. The van der Waals surface area contributed by atoms with Gasteiger partial charge in [-0.25, -0.2) is 17.8 Å². The third kappa shape index (κ3) is 6.67. The first-order valence-corrected chi connectivity index (χ1v) is 14.7. The Balaban J connectivity index is 1.45. The number of thiazole rings is 1. The molecule has 1 aliphatic rings. The molecule has 2 heterocycles. The smallest absolute Gasteiger partial charge is 0.228 e. The van der Waals surface area contributed by atoms with Crippen LogP contribution in [-0.4, -0.2) is 69.4 Å². The summed E-state index contributed by atoms with van der Waals surface area (Å²) in [6, 6.07) is 8.91. The minimum Gasteiger partial charge on any atom is -0.379 e. The van der Waals surface area contributed by atoms with E-state index in [9.17, 15) is 17.6 Å². The van der Waals surface area contributed by atoms with E-state index >= 15 is 0 Å². The molecule has 4 rings (SSSR count). The van der Waals surface area contributed by atoms with Crippen LogP contribution in [0.5, 0.6) is 0 Å². The summed E-state index contributed by atoms with van der Waals surface area (Å²) in [6.07, 6.45) is 1.06. The Kier molecular flexibility index (Phi) is 8.71. The number of carbonyl (C=O) groups is 1. The molecule has 3 aromatic rings. The van der Waals surface area contributed by atoms with Gasteiger partial charge in [-0.3, -0.25) is 14.6 Å². The number of amides is 1. The van der Waals surface area contributed by atoms with E-state index in [4.69, 9.17) is 9.72 Å². The Morgan fingerprint density at radius 1 is 1.11 bits per heavy atom. The van der Waals surface area contributed by atoms with Crippen molar-refractivity contribution in [2.45, 2.75) is 38.0 Å². The van der Waals surface area contributed by atoms with Crippen molar-refractivity contribution in [3.63, 3.8) is 0 Å². The predicted molar refractivity (Wildman–Crippen MR) is 141 cm³/mol. The Morgan fingerprint density at radius 3 is 2.53 bits per heavy atom. The molecule has 7 nitrogen and oxygen atoms in total. The second-order valence-corrected chi connectivity index (χ2v) is 12.2. The van der Waals surface area contributed by atoms with E-state index in [-0.39, 0.29) is 29.4 Å². The van der Waals surface area contributed by atoms with Crippen molar-refractivity contribution in [3.05, 3.63) is 53.3 Å². The molecule has 36 heavy (non-hydrogen) atoms. The van der Waals surface area contributed by atoms with E-state index in [1.54, 1.807) is 4.90 Å². The van der Waals surface area contributed by atoms with E-state index < -0.39 is 15.7 Å². The fourth-order valence-electron chi connectivity index (χ4n) is 4.20. The molecule has 1 aliphatic heterocycles. The third-order valence-corrected chi connectivity index (χ3v) is 9.32. The van der Waals surface area contributed by atoms with Gasteiger partial charge in [0, 0.05) is 32.6 Å². The quantitative estimate of drug-likeness (QED) is 0.360. The molecule has 1 aromatic heterocycles. The van der Waals surface area contributed by atoms with Gasteiger partial charge >= 0.3 is 0 Å². The van der Waals surface area contributed by atoms with Gasteiger partial charge in [-0.1, -0.05) is 11.3 Å². The van der Waals surface area contributed by atoms with Crippen LogP contribution >= 0.6 is 11.3 Å². The highest BCUT2D eigenvalue weighted by Gasteiger charge is 2.22. The second-order valence-electron chi connectivity index (χ2n) is 9.13. The Bertz CT molecular complexity index is 1260. The van der Waals surface area contributed by atoms with Crippen LogP contribution in [0.1, 0.15) is 30.4 Å². The number of hydrogen-bond donors (Lipinski definition) is 0. The van der Waals surface area contributed by atoms with Gasteiger partial charge in [-0.15, -0.1) is 0 Å². The fourth-order valence-corrected chi connectivity index (χ4v) is 6.60. The number of fused-ring (bicyclic) bond motifs is 1. The van der Waals surface area contributed by atoms with Crippen molar-refractivity contribution in [1.29, 1.82) is 0 Å². The van der Waals surface area contributed by atoms with Crippen LogP contribution in [0.2, 0.25) is 0 Å². The summed E-state index contributed by atoms with van der Waals surface area (Å²) in [4.78, 5) is 22.2. The van der Waals surface area contributed by atoms with Crippen molar-refractivity contribution in [2.75, 3.05) is 50.0 Å². The van der Waals surface area contributed by atoms with E-state index in [0.29, 0.717) is 11.7 Å². The Hall–Kier alpha value is -2.40. The van der Waals surface area contributed by atoms with Crippen LogP contribution in [0.25, 0.3) is 10.2 Å². The maximum Gasteiger partial charge on any atom is 0.228 e. The zero-order chi connectivity index (χ0) is 25.7. The van der Waals surface area contributed by atoms with Gasteiger partial charge in [0.15, 0.2) is 15.0 Å². The summed E-state index contributed by atoms with van der Waals surface area (Å²) in [5.74, 6) is -0.804. The molecule has 0 bridgehead atoms. The molecular weight excluding hydrogens is 501 g/mol. The molecule has 1 saturated heterocycles. The predicted octanol–water partition coefficient (Wildman–Crippen LogP) is 4.36. The Labute approximate surface area is 215 Å². The summed E-state index contributed by atoms with van der Waals surface area (Å²) < 4.78 is 44.8. The lowest BCUT2D eigenvalue weighted by molar-refractivity contribution is -0.118. The van der Waals surface area contributed by atoms with Gasteiger partial charge in [0.1, 0.15) is 5.82 Å². The lowest BCUT2D eigenvalue weighted by Gasteiger charge is -2.27. The van der Waals surface area contributed by atoms with E-state index in [2.05, 4.69) is 17.9 Å². The highest BCUT2D eigenvalue weighted by Crippen LogP contribution is 2.31. The van der Waals surface area contributed by atoms with Gasteiger partial charge in [0.05, 0.1) is 34.1 Å². The summed E-state index contributed by atoms with van der Waals surface area (Å²) in [7, 11) is -3.59. The second kappa shape index (κ2) is 11.8. The monoisotopic (exact) mass is 533 g/mol. The molecule has 0 aliphatic carbocycles. The number of morpholine rings is 1. The van der Waals surface area contributed by atoms with Crippen LogP contribution in [-0.2, 0) is 19.4 Å². The van der Waals surface area contributed by atoms with Crippen molar-refractivity contribution < 1.29 is 22.3 Å². The molecule has 0 N–H and O–H groups in total. The number of carbonyl (C=O) groups excluding carboxylic acids is 1. The van der Waals surface area contributed by atoms with Gasteiger partial charge in [-0.05, 0) is 74.2 Å². The largest absolute Gasteiger partial charge is 0.379 e. The molecule has 1 amide bonds. The van der Waals surface area contributed by atoms with Crippen molar-refractivity contribution in [3.8, 4) is 0 Å². The van der Waals surface area contributed by atoms with Gasteiger partial charge in [0.2, 0.25) is 5.91 Å². The molecule has 10 heteroatoms. The summed E-state index contributed by atoms with van der Waals surface area (Å²) in [6.45, 7) is 8.68. The van der Waals surface area contributed by atoms with Gasteiger partial charge < -0.3 is 4.74 Å². The normalized spacial score (nSPS) is 14.9. The number of hydrogen-bond acceptors (Lipinski definition) is 7. The lowest BCUT2D eigenvalue weighted by Crippen LogP contribution is -2.39. The average molecular weight is 534 g/mol. The van der Waals surface area contributed by atoms with Crippen LogP contribution < -0.4 is 4.90 Å². The standard InChI is InChI=1S/C26H32FN3O4S2/c1-19-17-23-24(18-20(19)2)35-26(28-23)30(11-4-10-29-12-14-34-15-13-29)25(31)5-3-16-36(32,33)22-8-6-21(27)7-9-22/h6-9,17-18H,3-5,10-16H2,1-2H3. The molecule has 194 valence electrons. The maximum atomic E-state index is 13.3. The minimum absolute atomic E-state index is 0.0654. The molecule has 0 atom stereocenters. The number of benzene rings is 2. The number of aromatic nitrogens is 1. The van der Waals surface area contributed by atoms with Crippen molar-refractivity contribution in [1.82, 2.24) is 9.88 Å². The first-order chi connectivity index (χ1) is 17.2. The highest BCUT2D eigenvalue weighted by molar-refractivity contribution is 7.91. The minimum atomic E-state index is -3.59. The van der Waals surface area contributed by atoms with Crippen LogP contribution in [0.3, 0.4) is 0 Å². The molecule has 1 fully saturated rings. The SMILES string of the molecule is Cc1cc2nc(N(CCCN3CCOCC3)C(=O)CCCS(=O)(=O)c3ccc(F)cc3)sc2cc1C. The lowest BCUT2D eigenvalue weighted by atomic mass is 10.1. The summed E-state index contributed by atoms with van der Waals surface area (Å²) in [5, 5.41) is 0.642. The van der Waals surface area contributed by atoms with E-state index in [0.717, 1.165) is 67.2 Å². The highest BCUT2D eigenvalue weighted by atomic mass is 32.2. The number of sulfone groups is 1. The zero-order valence-corrected chi connectivity index (χ0v) is 22.3. The summed E-state index contributed by atoms with van der Waals surface area (Å²) >= 11 is 1.49. The van der Waals surface area contributed by atoms with Gasteiger partial charge in [-0.2, -0.15) is 0 Å². The topological polar surface area (TPSA) is 79.8 Å². The van der Waals surface area contributed by atoms with Crippen molar-refractivity contribution in [2.24, 2.45) is 0 Å². The fraction of sp³-hybridized carbons (Fsp3) is 0.462. The van der Waals surface area contributed by atoms with E-state index in [1.807, 2.05) is 13.0 Å². The molecule has 0 saturated carbocycles. The third-order valence-electron chi connectivity index (χ3n) is 6.46. The maximum absolute atomic E-state index is 13.3. The number of anilines is 1. The number of aryl methyl sites for hydroxylation is 2. The van der Waals surface area contributed by atoms with Crippen molar-refractivity contribution >= 4 is 42.4 Å². The average Bonchev–Trinajstić information content (AvgIpc) is 3.25.